The second-order valence-electron chi connectivity index (χ2n) is 4.27. The molecule has 0 fully saturated rings. The van der Waals surface area contributed by atoms with Crippen LogP contribution in [0.5, 0.6) is 0 Å². The Balaban J connectivity index is 2.08. The SMILES string of the molecule is NNc1c(F)cc(C(=O)NCc2ccc(Br)cc2)cc1F. The molecule has 7 heteroatoms. The zero-order valence-corrected chi connectivity index (χ0v) is 12.4. The number of hydrazine groups is 1. The van der Waals surface area contributed by atoms with Crippen LogP contribution in [-0.4, -0.2) is 5.91 Å². The van der Waals surface area contributed by atoms with E-state index in [1.165, 1.54) is 0 Å². The number of nitrogens with two attached hydrogens (primary N) is 1. The second kappa shape index (κ2) is 6.64. The highest BCUT2D eigenvalue weighted by Gasteiger charge is 2.14. The molecule has 0 atom stereocenters. The van der Waals surface area contributed by atoms with Gasteiger partial charge in [-0.25, -0.2) is 8.78 Å². The van der Waals surface area contributed by atoms with Gasteiger partial charge in [0.05, 0.1) is 0 Å². The van der Waals surface area contributed by atoms with Crippen LogP contribution in [0.2, 0.25) is 0 Å². The van der Waals surface area contributed by atoms with E-state index in [9.17, 15) is 13.6 Å². The number of nitrogens with one attached hydrogen (secondary N) is 2. The molecule has 0 spiro atoms. The van der Waals surface area contributed by atoms with Gasteiger partial charge < -0.3 is 10.7 Å². The van der Waals surface area contributed by atoms with E-state index >= 15 is 0 Å². The summed E-state index contributed by atoms with van der Waals surface area (Å²) in [5.41, 5.74) is 2.19. The normalized spacial score (nSPS) is 10.3. The highest BCUT2D eigenvalue weighted by molar-refractivity contribution is 9.10. The van der Waals surface area contributed by atoms with Crippen LogP contribution in [0.25, 0.3) is 0 Å². The van der Waals surface area contributed by atoms with Gasteiger partial charge in [-0.1, -0.05) is 28.1 Å². The fourth-order valence-electron chi connectivity index (χ4n) is 1.73. The molecule has 4 N–H and O–H groups in total. The van der Waals surface area contributed by atoms with Gasteiger partial charge in [0.15, 0.2) is 11.6 Å². The summed E-state index contributed by atoms with van der Waals surface area (Å²) in [5.74, 6) is 2.57. The lowest BCUT2D eigenvalue weighted by Gasteiger charge is -2.08. The Morgan fingerprint density at radius 3 is 2.24 bits per heavy atom. The molecule has 0 aliphatic heterocycles. The molecular weight excluding hydrogens is 344 g/mol. The molecular formula is C14H12BrF2N3O. The van der Waals surface area contributed by atoms with Crippen molar-refractivity contribution < 1.29 is 13.6 Å². The van der Waals surface area contributed by atoms with Crippen LogP contribution >= 0.6 is 15.9 Å². The van der Waals surface area contributed by atoms with Crippen molar-refractivity contribution in [3.05, 3.63) is 63.6 Å². The summed E-state index contributed by atoms with van der Waals surface area (Å²) in [6, 6.07) is 9.18. The van der Waals surface area contributed by atoms with Crippen molar-refractivity contribution in [2.24, 2.45) is 5.84 Å². The van der Waals surface area contributed by atoms with Gasteiger partial charge in [-0.2, -0.15) is 0 Å². The Morgan fingerprint density at radius 2 is 1.71 bits per heavy atom. The summed E-state index contributed by atoms with van der Waals surface area (Å²) in [6.45, 7) is 0.256. The van der Waals surface area contributed by atoms with Crippen molar-refractivity contribution in [3.8, 4) is 0 Å². The predicted molar refractivity (Wildman–Crippen MR) is 79.5 cm³/mol. The minimum Gasteiger partial charge on any atom is -0.348 e. The maximum Gasteiger partial charge on any atom is 0.251 e. The Labute approximate surface area is 128 Å². The molecule has 0 heterocycles. The first-order valence-electron chi connectivity index (χ1n) is 5.99. The van der Waals surface area contributed by atoms with Crippen molar-refractivity contribution in [1.29, 1.82) is 0 Å². The minimum atomic E-state index is -0.925. The number of carbonyl (C=O) groups is 1. The van der Waals surface area contributed by atoms with Gasteiger partial charge in [-0.3, -0.25) is 10.6 Å². The lowest BCUT2D eigenvalue weighted by molar-refractivity contribution is 0.0950. The third-order valence-electron chi connectivity index (χ3n) is 2.81. The molecule has 0 radical (unpaired) electrons. The van der Waals surface area contributed by atoms with Crippen LogP contribution in [0.4, 0.5) is 14.5 Å². The molecule has 1 amide bonds. The van der Waals surface area contributed by atoms with Crippen LogP contribution in [0, 0.1) is 11.6 Å². The second-order valence-corrected chi connectivity index (χ2v) is 5.18. The quantitative estimate of drug-likeness (QED) is 0.583. The van der Waals surface area contributed by atoms with Gasteiger partial charge >= 0.3 is 0 Å². The van der Waals surface area contributed by atoms with Crippen molar-refractivity contribution in [3.63, 3.8) is 0 Å². The first-order valence-corrected chi connectivity index (χ1v) is 6.79. The predicted octanol–water partition coefficient (Wildman–Crippen LogP) is 2.94. The number of nitrogen functional groups attached to an aromatic ring is 1. The van der Waals surface area contributed by atoms with Gasteiger partial charge in [-0.15, -0.1) is 0 Å². The Bertz CT molecular complexity index is 639. The number of amides is 1. The molecule has 110 valence electrons. The maximum atomic E-state index is 13.5. The summed E-state index contributed by atoms with van der Waals surface area (Å²) in [5, 5.41) is 2.59. The van der Waals surface area contributed by atoms with Crippen LogP contribution in [0.3, 0.4) is 0 Å². The molecule has 0 unspecified atom stereocenters. The van der Waals surface area contributed by atoms with Crippen molar-refractivity contribution in [2.75, 3.05) is 5.43 Å². The van der Waals surface area contributed by atoms with E-state index in [0.717, 1.165) is 22.2 Å². The largest absolute Gasteiger partial charge is 0.348 e. The summed E-state index contributed by atoms with van der Waals surface area (Å²) < 4.78 is 27.9. The third-order valence-corrected chi connectivity index (χ3v) is 3.34. The van der Waals surface area contributed by atoms with Crippen molar-refractivity contribution in [2.45, 2.75) is 6.54 Å². The third kappa shape index (κ3) is 3.77. The fraction of sp³-hybridized carbons (Fsp3) is 0.0714. The molecule has 2 aromatic rings. The Morgan fingerprint density at radius 1 is 1.14 bits per heavy atom. The van der Waals surface area contributed by atoms with Crippen LogP contribution < -0.4 is 16.6 Å². The smallest absolute Gasteiger partial charge is 0.251 e. The molecule has 0 aromatic heterocycles. The average Bonchev–Trinajstić information content (AvgIpc) is 2.46. The molecule has 2 aromatic carbocycles. The fourth-order valence-corrected chi connectivity index (χ4v) is 1.99. The summed E-state index contributed by atoms with van der Waals surface area (Å²) in [6.07, 6.45) is 0. The Hall–Kier alpha value is -1.99. The van der Waals surface area contributed by atoms with Gasteiger partial charge in [0.2, 0.25) is 0 Å². The van der Waals surface area contributed by atoms with E-state index in [2.05, 4.69) is 21.2 Å². The molecule has 0 saturated carbocycles. The monoisotopic (exact) mass is 355 g/mol. The highest BCUT2D eigenvalue weighted by Crippen LogP contribution is 2.19. The van der Waals surface area contributed by atoms with E-state index in [0.29, 0.717) is 0 Å². The summed E-state index contributed by atoms with van der Waals surface area (Å²) in [7, 11) is 0. The molecule has 4 nitrogen and oxygen atoms in total. The average molecular weight is 356 g/mol. The van der Waals surface area contributed by atoms with Gasteiger partial charge in [0.25, 0.3) is 5.91 Å². The van der Waals surface area contributed by atoms with Gasteiger partial charge in [0, 0.05) is 16.6 Å². The summed E-state index contributed by atoms with van der Waals surface area (Å²) in [4.78, 5) is 11.9. The highest BCUT2D eigenvalue weighted by atomic mass is 79.9. The number of hydrogen-bond donors (Lipinski definition) is 3. The van der Waals surface area contributed by atoms with E-state index in [4.69, 9.17) is 5.84 Å². The minimum absolute atomic E-state index is 0.110. The van der Waals surface area contributed by atoms with Crippen LogP contribution in [-0.2, 0) is 6.54 Å². The zero-order chi connectivity index (χ0) is 15.4. The standard InChI is InChI=1S/C14H12BrF2N3O/c15-10-3-1-8(2-4-10)7-19-14(21)9-5-11(16)13(20-18)12(17)6-9/h1-6,20H,7,18H2,(H,19,21). The van der Waals surface area contributed by atoms with Crippen molar-refractivity contribution >= 4 is 27.5 Å². The Kier molecular flexibility index (Phi) is 4.87. The van der Waals surface area contributed by atoms with Crippen LogP contribution in [0.1, 0.15) is 15.9 Å². The van der Waals surface area contributed by atoms with E-state index in [1.54, 1.807) is 0 Å². The van der Waals surface area contributed by atoms with E-state index in [1.807, 2.05) is 29.7 Å². The number of benzene rings is 2. The number of carbonyl (C=O) groups excluding carboxylic acids is 1. The van der Waals surface area contributed by atoms with Crippen LogP contribution in [0.15, 0.2) is 40.9 Å². The molecule has 0 saturated heterocycles. The molecule has 2 rings (SSSR count). The zero-order valence-electron chi connectivity index (χ0n) is 10.8. The van der Waals surface area contributed by atoms with Crippen molar-refractivity contribution in [1.82, 2.24) is 5.32 Å². The number of halogens is 3. The van der Waals surface area contributed by atoms with Gasteiger partial charge in [0.1, 0.15) is 5.69 Å². The number of anilines is 1. The number of hydrogen-bond acceptors (Lipinski definition) is 3. The first kappa shape index (κ1) is 15.4. The van der Waals surface area contributed by atoms with E-state index < -0.39 is 23.2 Å². The lowest BCUT2D eigenvalue weighted by atomic mass is 10.1. The lowest BCUT2D eigenvalue weighted by Crippen LogP contribution is -2.23. The maximum absolute atomic E-state index is 13.5. The number of rotatable bonds is 4. The molecule has 21 heavy (non-hydrogen) atoms. The first-order chi connectivity index (χ1) is 10.0. The molecule has 0 aliphatic carbocycles. The summed E-state index contributed by atoms with van der Waals surface area (Å²) >= 11 is 3.30. The molecule has 0 bridgehead atoms. The topological polar surface area (TPSA) is 67.1 Å². The van der Waals surface area contributed by atoms with Gasteiger partial charge in [-0.05, 0) is 29.8 Å². The molecule has 0 aliphatic rings. The van der Waals surface area contributed by atoms with E-state index in [-0.39, 0.29) is 12.1 Å².